The van der Waals surface area contributed by atoms with E-state index in [4.69, 9.17) is 5.11 Å². The Hall–Kier alpha value is -2.04. The van der Waals surface area contributed by atoms with Crippen LogP contribution in [0.1, 0.15) is 0 Å². The zero-order valence-corrected chi connectivity index (χ0v) is 12.8. The van der Waals surface area contributed by atoms with Crippen LogP contribution in [0.3, 0.4) is 0 Å². The Labute approximate surface area is 132 Å². The minimum atomic E-state index is 0.280. The summed E-state index contributed by atoms with van der Waals surface area (Å²) >= 11 is 5.71. The van der Waals surface area contributed by atoms with Crippen molar-refractivity contribution in [3.8, 4) is 5.75 Å². The van der Waals surface area contributed by atoms with Gasteiger partial charge in [0.25, 0.3) is 0 Å². The summed E-state index contributed by atoms with van der Waals surface area (Å²) in [7, 11) is 0. The van der Waals surface area contributed by atoms with Gasteiger partial charge in [-0.05, 0) is 35.7 Å². The summed E-state index contributed by atoms with van der Waals surface area (Å²) in [4.78, 5) is 5.23. The summed E-state index contributed by atoms with van der Waals surface area (Å²) in [5, 5.41) is 11.2. The molecule has 0 fully saturated rings. The van der Waals surface area contributed by atoms with Gasteiger partial charge in [0, 0.05) is 10.3 Å². The molecule has 3 aromatic carbocycles. The van der Waals surface area contributed by atoms with E-state index in [1.807, 2.05) is 5.51 Å². The largest absolute Gasteiger partial charge is 0.508 e. The van der Waals surface area contributed by atoms with Crippen LogP contribution in [0.25, 0.3) is 21.0 Å². The first-order valence-corrected chi connectivity index (χ1v) is 7.76. The molecule has 1 heterocycles. The number of aromatic nitrogens is 1. The summed E-state index contributed by atoms with van der Waals surface area (Å²) < 4.78 is 1.26. The second-order valence-corrected chi connectivity index (χ2v) is 5.90. The third-order valence-electron chi connectivity index (χ3n) is 3.07. The summed E-state index contributed by atoms with van der Waals surface area (Å²) in [5.74, 6) is 0.280. The van der Waals surface area contributed by atoms with Crippen LogP contribution in [-0.4, -0.2) is 10.1 Å². The quantitative estimate of drug-likeness (QED) is 0.441. The lowest BCUT2D eigenvalue weighted by molar-refractivity contribution is 0.475. The molecule has 0 aliphatic heterocycles. The third kappa shape index (κ3) is 3.17. The molecule has 1 aromatic heterocycles. The number of rotatable bonds is 0. The molecule has 0 aliphatic carbocycles. The minimum Gasteiger partial charge on any atom is -0.508 e. The van der Waals surface area contributed by atoms with Gasteiger partial charge in [-0.25, -0.2) is 4.98 Å². The van der Waals surface area contributed by atoms with Gasteiger partial charge in [0.05, 0.1) is 15.7 Å². The van der Waals surface area contributed by atoms with Crippen LogP contribution in [0.2, 0.25) is 0 Å². The Morgan fingerprint density at radius 3 is 2.43 bits per heavy atom. The van der Waals surface area contributed by atoms with Crippen LogP contribution in [0, 0.1) is 0 Å². The van der Waals surface area contributed by atoms with E-state index in [0.717, 1.165) is 10.4 Å². The molecule has 0 atom stereocenters. The van der Waals surface area contributed by atoms with Crippen LogP contribution in [0.15, 0.2) is 71.1 Å². The molecule has 0 saturated carbocycles. The van der Waals surface area contributed by atoms with Gasteiger partial charge in [0.1, 0.15) is 5.75 Å². The van der Waals surface area contributed by atoms with Gasteiger partial charge in [0.15, 0.2) is 0 Å². The van der Waals surface area contributed by atoms with Crippen molar-refractivity contribution in [3.05, 3.63) is 66.2 Å². The topological polar surface area (TPSA) is 33.1 Å². The lowest BCUT2D eigenvalue weighted by Crippen LogP contribution is -1.73. The number of phenols is 1. The molecule has 4 heteroatoms. The average Bonchev–Trinajstić information content (AvgIpc) is 3.00. The maximum Gasteiger partial charge on any atom is 0.115 e. The molecule has 21 heavy (non-hydrogen) atoms. The first-order chi connectivity index (χ1) is 10.2. The fourth-order valence-corrected chi connectivity index (χ4v) is 2.89. The van der Waals surface area contributed by atoms with E-state index in [1.165, 1.54) is 15.5 Å². The molecule has 4 aromatic rings. The molecule has 0 unspecified atom stereocenters. The number of aromatic hydroxyl groups is 1. The van der Waals surface area contributed by atoms with E-state index >= 15 is 0 Å². The highest BCUT2D eigenvalue weighted by Crippen LogP contribution is 2.26. The summed E-state index contributed by atoms with van der Waals surface area (Å²) in [5.41, 5.74) is 3.03. The van der Waals surface area contributed by atoms with E-state index in [2.05, 4.69) is 54.0 Å². The van der Waals surface area contributed by atoms with Crippen molar-refractivity contribution in [2.24, 2.45) is 0 Å². The van der Waals surface area contributed by atoms with Gasteiger partial charge in [-0.3, -0.25) is 0 Å². The van der Waals surface area contributed by atoms with Crippen molar-refractivity contribution in [1.29, 1.82) is 0 Å². The number of phenolic OH excluding ortho intramolecular Hbond substituents is 1. The molecule has 0 bridgehead atoms. The fraction of sp³-hybridized carbons (Fsp3) is 0. The molecule has 0 saturated heterocycles. The van der Waals surface area contributed by atoms with Crippen molar-refractivity contribution in [1.82, 2.24) is 4.98 Å². The van der Waals surface area contributed by atoms with E-state index in [9.17, 15) is 0 Å². The van der Waals surface area contributed by atoms with Gasteiger partial charge in [-0.15, -0.1) is 24.0 Å². The number of hydrogen-bond donors (Lipinski definition) is 2. The number of hydrogen-bond acceptors (Lipinski definition) is 4. The standard InChI is InChI=1S/C11H7NS.C6H6OS/c1-2-4-9-8(3-1)5-6-10-11(9)12-7-13-10;7-5-1-3-6(8)4-2-5/h1-7H;1-4,7-8H. The SMILES string of the molecule is Oc1ccc(S)cc1.c1ccc2c(c1)ccc1scnc12. The van der Waals surface area contributed by atoms with Crippen LogP contribution in [-0.2, 0) is 0 Å². The van der Waals surface area contributed by atoms with Crippen molar-refractivity contribution < 1.29 is 5.11 Å². The van der Waals surface area contributed by atoms with Gasteiger partial charge in [0.2, 0.25) is 0 Å². The molecule has 0 radical (unpaired) electrons. The molecule has 1 N–H and O–H groups in total. The van der Waals surface area contributed by atoms with Crippen molar-refractivity contribution >= 4 is 45.0 Å². The minimum absolute atomic E-state index is 0.280. The Balaban J connectivity index is 0.000000143. The second kappa shape index (κ2) is 6.16. The zero-order valence-electron chi connectivity index (χ0n) is 11.1. The van der Waals surface area contributed by atoms with Gasteiger partial charge < -0.3 is 5.11 Å². The van der Waals surface area contributed by atoms with Crippen LogP contribution < -0.4 is 0 Å². The Morgan fingerprint density at radius 2 is 1.67 bits per heavy atom. The van der Waals surface area contributed by atoms with Crippen molar-refractivity contribution in [3.63, 3.8) is 0 Å². The molecule has 2 nitrogen and oxygen atoms in total. The maximum atomic E-state index is 8.72. The number of nitrogens with zero attached hydrogens (tertiary/aromatic N) is 1. The highest BCUT2D eigenvalue weighted by molar-refractivity contribution is 7.80. The molecule has 0 amide bonds. The average molecular weight is 311 g/mol. The van der Waals surface area contributed by atoms with Crippen LogP contribution in [0.5, 0.6) is 5.75 Å². The second-order valence-electron chi connectivity index (χ2n) is 4.50. The predicted molar refractivity (Wildman–Crippen MR) is 92.5 cm³/mol. The normalized spacial score (nSPS) is 10.3. The zero-order chi connectivity index (χ0) is 14.7. The van der Waals surface area contributed by atoms with Gasteiger partial charge in [-0.1, -0.05) is 30.3 Å². The molecular weight excluding hydrogens is 298 g/mol. The number of thiazole rings is 1. The van der Waals surface area contributed by atoms with Crippen molar-refractivity contribution in [2.75, 3.05) is 0 Å². The summed E-state index contributed by atoms with van der Waals surface area (Å²) in [6.07, 6.45) is 0. The smallest absolute Gasteiger partial charge is 0.115 e. The molecule has 4 rings (SSSR count). The summed E-state index contributed by atoms with van der Waals surface area (Å²) in [6.45, 7) is 0. The molecule has 104 valence electrons. The first-order valence-electron chi connectivity index (χ1n) is 6.43. The van der Waals surface area contributed by atoms with Crippen LogP contribution >= 0.6 is 24.0 Å². The number of thiol groups is 1. The summed E-state index contributed by atoms with van der Waals surface area (Å²) in [6, 6.07) is 19.3. The third-order valence-corrected chi connectivity index (χ3v) is 4.17. The maximum absolute atomic E-state index is 8.72. The molecular formula is C17H13NOS2. The Bertz CT molecular complexity index is 848. The molecule has 0 aliphatic rings. The highest BCUT2D eigenvalue weighted by atomic mass is 32.1. The Morgan fingerprint density at radius 1 is 0.905 bits per heavy atom. The van der Waals surface area contributed by atoms with E-state index < -0.39 is 0 Å². The lowest BCUT2D eigenvalue weighted by atomic mass is 10.1. The van der Waals surface area contributed by atoms with Crippen LogP contribution in [0.4, 0.5) is 0 Å². The van der Waals surface area contributed by atoms with E-state index in [0.29, 0.717) is 0 Å². The van der Waals surface area contributed by atoms with E-state index in [-0.39, 0.29) is 5.75 Å². The van der Waals surface area contributed by atoms with Gasteiger partial charge in [-0.2, -0.15) is 0 Å². The first kappa shape index (κ1) is 13.9. The monoisotopic (exact) mass is 311 g/mol. The predicted octanol–water partition coefficient (Wildman–Crippen LogP) is 5.13. The van der Waals surface area contributed by atoms with Gasteiger partial charge >= 0.3 is 0 Å². The highest BCUT2D eigenvalue weighted by Gasteiger charge is 2.00. The number of fused-ring (bicyclic) bond motifs is 3. The molecule has 0 spiro atoms. The number of benzene rings is 3. The Kier molecular flexibility index (Phi) is 4.08. The van der Waals surface area contributed by atoms with E-state index in [1.54, 1.807) is 35.6 Å². The van der Waals surface area contributed by atoms with Crippen molar-refractivity contribution in [2.45, 2.75) is 4.90 Å². The lowest BCUT2D eigenvalue weighted by Gasteiger charge is -1.96. The fourth-order valence-electron chi connectivity index (χ4n) is 2.05.